The lowest BCUT2D eigenvalue weighted by Gasteiger charge is -2.18. The highest BCUT2D eigenvalue weighted by Gasteiger charge is 2.15. The number of benzene rings is 2. The molecule has 6 heteroatoms. The molecule has 0 bridgehead atoms. The maximum atomic E-state index is 12.6. The molecule has 0 aromatic heterocycles. The van der Waals surface area contributed by atoms with Crippen molar-refractivity contribution in [3.8, 4) is 11.5 Å². The smallest absolute Gasteiger partial charge is 0.255 e. The number of nitrogens with zero attached hydrogens (tertiary/aromatic N) is 1. The SMILES string of the molecule is CCN(CC)C(=O)c1ccc(NC(=O)c2cc(OC)c(C)c(OC)c2)cc1. The van der Waals surface area contributed by atoms with Crippen LogP contribution in [0.5, 0.6) is 11.5 Å². The lowest BCUT2D eigenvalue weighted by molar-refractivity contribution is 0.0773. The average molecular weight is 370 g/mol. The predicted octanol–water partition coefficient (Wildman–Crippen LogP) is 3.75. The predicted molar refractivity (Wildman–Crippen MR) is 106 cm³/mol. The molecule has 0 saturated carbocycles. The molecule has 27 heavy (non-hydrogen) atoms. The van der Waals surface area contributed by atoms with Gasteiger partial charge >= 0.3 is 0 Å². The van der Waals surface area contributed by atoms with Crippen LogP contribution in [0.2, 0.25) is 0 Å². The topological polar surface area (TPSA) is 67.9 Å². The van der Waals surface area contributed by atoms with Crippen LogP contribution in [0.15, 0.2) is 36.4 Å². The van der Waals surface area contributed by atoms with E-state index in [1.807, 2.05) is 20.8 Å². The number of rotatable bonds is 7. The van der Waals surface area contributed by atoms with Gasteiger partial charge in [-0.05, 0) is 57.2 Å². The van der Waals surface area contributed by atoms with Gasteiger partial charge in [-0.1, -0.05) is 0 Å². The van der Waals surface area contributed by atoms with Gasteiger partial charge in [-0.2, -0.15) is 0 Å². The Bertz CT molecular complexity index is 786. The van der Waals surface area contributed by atoms with Gasteiger partial charge in [0.15, 0.2) is 0 Å². The molecule has 0 aliphatic carbocycles. The van der Waals surface area contributed by atoms with Crippen molar-refractivity contribution in [1.82, 2.24) is 4.90 Å². The number of amides is 2. The second kappa shape index (κ2) is 9.07. The zero-order valence-electron chi connectivity index (χ0n) is 16.5. The molecule has 0 saturated heterocycles. The van der Waals surface area contributed by atoms with E-state index < -0.39 is 0 Å². The van der Waals surface area contributed by atoms with Crippen LogP contribution >= 0.6 is 0 Å². The molecule has 0 atom stereocenters. The first-order valence-electron chi connectivity index (χ1n) is 8.88. The van der Waals surface area contributed by atoms with Crippen LogP contribution in [-0.2, 0) is 0 Å². The summed E-state index contributed by atoms with van der Waals surface area (Å²) in [6.07, 6.45) is 0. The van der Waals surface area contributed by atoms with Gasteiger partial charge in [0.2, 0.25) is 0 Å². The molecule has 2 rings (SSSR count). The minimum absolute atomic E-state index is 0.0223. The standard InChI is InChI=1S/C21H26N2O4/c1-6-23(7-2)21(25)15-8-10-17(11-9-15)22-20(24)16-12-18(26-4)14(3)19(13-16)27-5/h8-13H,6-7H2,1-5H3,(H,22,24). The first kappa shape index (κ1) is 20.3. The molecule has 1 N–H and O–H groups in total. The van der Waals surface area contributed by atoms with Gasteiger partial charge in [0, 0.05) is 35.5 Å². The lowest BCUT2D eigenvalue weighted by Crippen LogP contribution is -2.30. The molecule has 144 valence electrons. The maximum Gasteiger partial charge on any atom is 0.255 e. The van der Waals surface area contributed by atoms with Crippen molar-refractivity contribution in [2.24, 2.45) is 0 Å². The number of carbonyl (C=O) groups is 2. The molecule has 0 heterocycles. The van der Waals surface area contributed by atoms with Crippen molar-refractivity contribution in [2.75, 3.05) is 32.6 Å². The molecule has 0 unspecified atom stereocenters. The Balaban J connectivity index is 2.18. The number of ether oxygens (including phenoxy) is 2. The monoisotopic (exact) mass is 370 g/mol. The number of hydrogen-bond acceptors (Lipinski definition) is 4. The Labute approximate surface area is 160 Å². The summed E-state index contributed by atoms with van der Waals surface area (Å²) in [4.78, 5) is 26.7. The van der Waals surface area contributed by atoms with E-state index in [0.717, 1.165) is 5.56 Å². The van der Waals surface area contributed by atoms with Crippen molar-refractivity contribution in [3.05, 3.63) is 53.1 Å². The van der Waals surface area contributed by atoms with Gasteiger partial charge < -0.3 is 19.7 Å². The largest absolute Gasteiger partial charge is 0.496 e. The average Bonchev–Trinajstić information content (AvgIpc) is 2.69. The number of hydrogen-bond donors (Lipinski definition) is 1. The Kier molecular flexibility index (Phi) is 6.82. The van der Waals surface area contributed by atoms with E-state index in [1.54, 1.807) is 55.5 Å². The van der Waals surface area contributed by atoms with Crippen LogP contribution in [0, 0.1) is 6.92 Å². The molecule has 0 aliphatic heterocycles. The normalized spacial score (nSPS) is 10.3. The van der Waals surface area contributed by atoms with Gasteiger partial charge in [0.1, 0.15) is 11.5 Å². The molecular formula is C21H26N2O4. The highest BCUT2D eigenvalue weighted by molar-refractivity contribution is 6.05. The fourth-order valence-electron chi connectivity index (χ4n) is 2.81. The maximum absolute atomic E-state index is 12.6. The molecule has 2 amide bonds. The van der Waals surface area contributed by atoms with Gasteiger partial charge in [0.05, 0.1) is 14.2 Å². The van der Waals surface area contributed by atoms with E-state index in [4.69, 9.17) is 9.47 Å². The number of methoxy groups -OCH3 is 2. The molecule has 0 fully saturated rings. The summed E-state index contributed by atoms with van der Waals surface area (Å²) in [5.74, 6) is 0.861. The number of anilines is 1. The summed E-state index contributed by atoms with van der Waals surface area (Å²) < 4.78 is 10.6. The Morgan fingerprint density at radius 2 is 1.44 bits per heavy atom. The summed E-state index contributed by atoms with van der Waals surface area (Å²) in [5, 5.41) is 2.83. The van der Waals surface area contributed by atoms with E-state index >= 15 is 0 Å². The van der Waals surface area contributed by atoms with Crippen LogP contribution in [0.3, 0.4) is 0 Å². The summed E-state index contributed by atoms with van der Waals surface area (Å²) in [5.41, 5.74) is 2.46. The van der Waals surface area contributed by atoms with E-state index in [0.29, 0.717) is 41.4 Å². The Hall–Kier alpha value is -3.02. The third kappa shape index (κ3) is 4.58. The van der Waals surface area contributed by atoms with Crippen LogP contribution in [0.25, 0.3) is 0 Å². The fourth-order valence-corrected chi connectivity index (χ4v) is 2.81. The van der Waals surface area contributed by atoms with Crippen LogP contribution in [0.4, 0.5) is 5.69 Å². The Morgan fingerprint density at radius 3 is 1.89 bits per heavy atom. The third-order valence-electron chi connectivity index (χ3n) is 4.45. The van der Waals surface area contributed by atoms with E-state index in [-0.39, 0.29) is 11.8 Å². The van der Waals surface area contributed by atoms with Crippen LogP contribution in [0.1, 0.15) is 40.1 Å². The zero-order chi connectivity index (χ0) is 20.0. The zero-order valence-corrected chi connectivity index (χ0v) is 16.5. The first-order chi connectivity index (χ1) is 12.9. The van der Waals surface area contributed by atoms with Crippen molar-refractivity contribution in [3.63, 3.8) is 0 Å². The van der Waals surface area contributed by atoms with Gasteiger partial charge in [-0.25, -0.2) is 0 Å². The highest BCUT2D eigenvalue weighted by atomic mass is 16.5. The molecular weight excluding hydrogens is 344 g/mol. The molecule has 0 aliphatic rings. The Morgan fingerprint density at radius 1 is 0.926 bits per heavy atom. The summed E-state index contributed by atoms with van der Waals surface area (Å²) in [6, 6.07) is 10.2. The van der Waals surface area contributed by atoms with E-state index in [2.05, 4.69) is 5.32 Å². The van der Waals surface area contributed by atoms with E-state index in [1.165, 1.54) is 0 Å². The lowest BCUT2D eigenvalue weighted by atomic mass is 10.1. The van der Waals surface area contributed by atoms with E-state index in [9.17, 15) is 9.59 Å². The van der Waals surface area contributed by atoms with Crippen LogP contribution < -0.4 is 14.8 Å². The quantitative estimate of drug-likeness (QED) is 0.806. The fraction of sp³-hybridized carbons (Fsp3) is 0.333. The van der Waals surface area contributed by atoms with Crippen LogP contribution in [-0.4, -0.2) is 44.0 Å². The molecule has 2 aromatic carbocycles. The number of carbonyl (C=O) groups excluding carboxylic acids is 2. The minimum Gasteiger partial charge on any atom is -0.496 e. The van der Waals surface area contributed by atoms with Crippen molar-refractivity contribution >= 4 is 17.5 Å². The summed E-state index contributed by atoms with van der Waals surface area (Å²) in [6.45, 7) is 7.07. The minimum atomic E-state index is -0.283. The second-order valence-electron chi connectivity index (χ2n) is 6.01. The highest BCUT2D eigenvalue weighted by Crippen LogP contribution is 2.29. The van der Waals surface area contributed by atoms with Crippen molar-refractivity contribution < 1.29 is 19.1 Å². The van der Waals surface area contributed by atoms with Gasteiger partial charge in [-0.3, -0.25) is 9.59 Å². The number of nitrogens with one attached hydrogen (secondary N) is 1. The summed E-state index contributed by atoms with van der Waals surface area (Å²) >= 11 is 0. The van der Waals surface area contributed by atoms with Gasteiger partial charge in [0.25, 0.3) is 11.8 Å². The third-order valence-corrected chi connectivity index (χ3v) is 4.45. The molecule has 0 spiro atoms. The summed E-state index contributed by atoms with van der Waals surface area (Å²) in [7, 11) is 3.10. The molecule has 2 aromatic rings. The first-order valence-corrected chi connectivity index (χ1v) is 8.88. The molecule has 0 radical (unpaired) electrons. The van der Waals surface area contributed by atoms with Gasteiger partial charge in [-0.15, -0.1) is 0 Å². The molecule has 6 nitrogen and oxygen atoms in total. The van der Waals surface area contributed by atoms with Crippen molar-refractivity contribution in [1.29, 1.82) is 0 Å². The van der Waals surface area contributed by atoms with Crippen molar-refractivity contribution in [2.45, 2.75) is 20.8 Å². The second-order valence-corrected chi connectivity index (χ2v) is 6.01.